The first-order valence-corrected chi connectivity index (χ1v) is 8.75. The Morgan fingerprint density at radius 2 is 1.27 bits per heavy atom. The summed E-state index contributed by atoms with van der Waals surface area (Å²) in [5.41, 5.74) is 2.84. The van der Waals surface area contributed by atoms with E-state index < -0.39 is 0 Å². The van der Waals surface area contributed by atoms with Gasteiger partial charge in [-0.1, -0.05) is 60.7 Å². The second kappa shape index (κ2) is 8.54. The van der Waals surface area contributed by atoms with Crippen LogP contribution in [0.15, 0.2) is 84.9 Å². The summed E-state index contributed by atoms with van der Waals surface area (Å²) in [4.78, 5) is 15.1. The minimum Gasteiger partial charge on any atom is -0.292 e. The van der Waals surface area contributed by atoms with Gasteiger partial charge in [0.05, 0.1) is 6.04 Å². The molecule has 2 nitrogen and oxygen atoms in total. The van der Waals surface area contributed by atoms with Gasteiger partial charge in [-0.15, -0.1) is 0 Å². The number of carbonyl (C=O) groups is 1. The van der Waals surface area contributed by atoms with Crippen molar-refractivity contribution in [1.29, 1.82) is 0 Å². The number of Topliss-reactive ketones (excluding diaryl/α,β-unsaturated/α-hetero) is 1. The van der Waals surface area contributed by atoms with Gasteiger partial charge < -0.3 is 0 Å². The van der Waals surface area contributed by atoms with Gasteiger partial charge in [-0.05, 0) is 42.3 Å². The van der Waals surface area contributed by atoms with Crippen LogP contribution in [0.25, 0.3) is 0 Å². The molecule has 0 radical (unpaired) electrons. The fourth-order valence-electron chi connectivity index (χ4n) is 2.99. The first-order valence-electron chi connectivity index (χ1n) is 8.75. The zero-order chi connectivity index (χ0) is 18.4. The van der Waals surface area contributed by atoms with Crippen molar-refractivity contribution in [2.75, 3.05) is 0 Å². The van der Waals surface area contributed by atoms with Crippen LogP contribution in [0.4, 0.5) is 4.39 Å². The van der Waals surface area contributed by atoms with E-state index in [0.717, 1.165) is 11.1 Å². The van der Waals surface area contributed by atoms with Crippen LogP contribution in [0, 0.1) is 5.82 Å². The summed E-state index contributed by atoms with van der Waals surface area (Å²) >= 11 is 0. The second-order valence-corrected chi connectivity index (χ2v) is 6.42. The Balaban J connectivity index is 1.83. The maximum absolute atomic E-state index is 13.2. The summed E-state index contributed by atoms with van der Waals surface area (Å²) in [7, 11) is 0. The van der Waals surface area contributed by atoms with Gasteiger partial charge in [-0.3, -0.25) is 9.69 Å². The lowest BCUT2D eigenvalue weighted by Gasteiger charge is -2.28. The van der Waals surface area contributed by atoms with Crippen molar-refractivity contribution in [2.45, 2.75) is 26.1 Å². The van der Waals surface area contributed by atoms with Gasteiger partial charge in [-0.2, -0.15) is 0 Å². The minimum atomic E-state index is -0.334. The molecule has 0 heterocycles. The lowest BCUT2D eigenvalue weighted by atomic mass is 10.0. The molecule has 132 valence electrons. The number of nitrogens with zero attached hydrogens (tertiary/aromatic N) is 1. The van der Waals surface area contributed by atoms with E-state index in [1.54, 1.807) is 12.1 Å². The number of carbonyl (C=O) groups excluding carboxylic acids is 1. The van der Waals surface area contributed by atoms with Crippen LogP contribution in [-0.2, 0) is 13.1 Å². The van der Waals surface area contributed by atoms with Crippen LogP contribution in [0.5, 0.6) is 0 Å². The van der Waals surface area contributed by atoms with Gasteiger partial charge in [0.15, 0.2) is 5.78 Å². The molecule has 3 rings (SSSR count). The van der Waals surface area contributed by atoms with Crippen LogP contribution < -0.4 is 0 Å². The Labute approximate surface area is 153 Å². The average Bonchev–Trinajstić information content (AvgIpc) is 2.68. The molecule has 0 aromatic heterocycles. The highest BCUT2D eigenvalue weighted by Gasteiger charge is 2.23. The van der Waals surface area contributed by atoms with Crippen LogP contribution in [0.2, 0.25) is 0 Å². The van der Waals surface area contributed by atoms with E-state index in [0.29, 0.717) is 18.7 Å². The minimum absolute atomic E-state index is 0.00291. The van der Waals surface area contributed by atoms with Crippen LogP contribution in [0.3, 0.4) is 0 Å². The van der Waals surface area contributed by atoms with Crippen molar-refractivity contribution in [2.24, 2.45) is 0 Å². The number of hydrogen-bond donors (Lipinski definition) is 0. The molecule has 0 aliphatic heterocycles. The molecular formula is C23H22FNO. The van der Waals surface area contributed by atoms with Crippen LogP contribution >= 0.6 is 0 Å². The van der Waals surface area contributed by atoms with Crippen molar-refractivity contribution in [3.05, 3.63) is 107 Å². The zero-order valence-corrected chi connectivity index (χ0v) is 14.8. The molecule has 3 aromatic rings. The first kappa shape index (κ1) is 18.0. The normalized spacial score (nSPS) is 12.1. The molecule has 0 aliphatic carbocycles. The summed E-state index contributed by atoms with van der Waals surface area (Å²) in [5, 5.41) is 0. The average molecular weight is 346 g/mol. The third kappa shape index (κ3) is 4.64. The third-order valence-corrected chi connectivity index (χ3v) is 4.51. The highest BCUT2D eigenvalue weighted by atomic mass is 18.2. The standard InChI is InChI=1S/C23H22FNO/c1-18(23(26)21-12-14-22(24)15-13-21)25(16-19-8-4-2-5-9-19)17-20-10-6-3-7-11-20/h2-15,18H,16-17H2,1H3/i24-1. The number of halogens is 1. The molecule has 0 N–H and O–H groups in total. The van der Waals surface area contributed by atoms with Crippen molar-refractivity contribution < 1.29 is 9.18 Å². The molecule has 0 saturated carbocycles. The maximum atomic E-state index is 13.2. The van der Waals surface area contributed by atoms with Gasteiger partial charge in [0, 0.05) is 18.7 Å². The first-order chi connectivity index (χ1) is 12.6. The molecule has 0 amide bonds. The fourth-order valence-corrected chi connectivity index (χ4v) is 2.99. The van der Waals surface area contributed by atoms with Gasteiger partial charge >= 0.3 is 0 Å². The zero-order valence-electron chi connectivity index (χ0n) is 14.8. The van der Waals surface area contributed by atoms with E-state index in [1.165, 1.54) is 12.1 Å². The fraction of sp³-hybridized carbons (Fsp3) is 0.174. The summed E-state index contributed by atoms with van der Waals surface area (Å²) < 4.78 is 13.2. The molecule has 0 bridgehead atoms. The molecule has 0 spiro atoms. The Hall–Kier alpha value is -2.78. The van der Waals surface area contributed by atoms with E-state index >= 15 is 0 Å². The molecule has 0 aliphatic rings. The van der Waals surface area contributed by atoms with E-state index in [1.807, 2.05) is 43.3 Å². The predicted molar refractivity (Wildman–Crippen MR) is 102 cm³/mol. The molecule has 0 saturated heterocycles. The molecule has 1 unspecified atom stereocenters. The van der Waals surface area contributed by atoms with Gasteiger partial charge in [0.1, 0.15) is 5.82 Å². The lowest BCUT2D eigenvalue weighted by molar-refractivity contribution is 0.0816. The molecule has 26 heavy (non-hydrogen) atoms. The predicted octanol–water partition coefficient (Wildman–Crippen LogP) is 5.10. The van der Waals surface area contributed by atoms with E-state index in [9.17, 15) is 9.18 Å². The molecule has 3 aromatic carbocycles. The van der Waals surface area contributed by atoms with Crippen LogP contribution in [-0.4, -0.2) is 16.7 Å². The smallest absolute Gasteiger partial charge is 0.179 e. The van der Waals surface area contributed by atoms with E-state index in [2.05, 4.69) is 29.2 Å². The van der Waals surface area contributed by atoms with Gasteiger partial charge in [-0.25, -0.2) is 4.39 Å². The largest absolute Gasteiger partial charge is 0.292 e. The number of hydrogen-bond acceptors (Lipinski definition) is 2. The highest BCUT2D eigenvalue weighted by molar-refractivity contribution is 5.99. The summed E-state index contributed by atoms with van der Waals surface area (Å²) in [6.45, 7) is 3.26. The molecular weight excluding hydrogens is 324 g/mol. The molecule has 1 atom stereocenters. The Bertz CT molecular complexity index is 790. The van der Waals surface area contributed by atoms with Crippen molar-refractivity contribution in [3.63, 3.8) is 0 Å². The number of benzene rings is 3. The Morgan fingerprint density at radius 3 is 1.73 bits per heavy atom. The topological polar surface area (TPSA) is 20.3 Å². The third-order valence-electron chi connectivity index (χ3n) is 4.51. The van der Waals surface area contributed by atoms with Crippen molar-refractivity contribution in [3.8, 4) is 0 Å². The van der Waals surface area contributed by atoms with Gasteiger partial charge in [0.2, 0.25) is 0 Å². The molecule has 0 fully saturated rings. The van der Waals surface area contributed by atoms with E-state index in [-0.39, 0.29) is 17.6 Å². The van der Waals surface area contributed by atoms with Crippen molar-refractivity contribution >= 4 is 5.78 Å². The van der Waals surface area contributed by atoms with E-state index in [4.69, 9.17) is 0 Å². The quantitative estimate of drug-likeness (QED) is 0.555. The Kier molecular flexibility index (Phi) is 5.92. The highest BCUT2D eigenvalue weighted by Crippen LogP contribution is 2.17. The monoisotopic (exact) mass is 346 g/mol. The number of rotatable bonds is 7. The lowest BCUT2D eigenvalue weighted by Crippen LogP contribution is -2.38. The summed E-state index contributed by atoms with van der Waals surface area (Å²) in [5.74, 6) is -0.337. The Morgan fingerprint density at radius 1 is 0.808 bits per heavy atom. The summed E-state index contributed by atoms with van der Waals surface area (Å²) in [6.07, 6.45) is 0. The SMILES string of the molecule is CC(C(=O)c1ccc([18F])cc1)N(Cc1ccccc1)Cc1ccccc1. The number of ketones is 1. The molecule has 3 heteroatoms. The van der Waals surface area contributed by atoms with Gasteiger partial charge in [0.25, 0.3) is 0 Å². The van der Waals surface area contributed by atoms with Crippen molar-refractivity contribution in [1.82, 2.24) is 4.90 Å². The second-order valence-electron chi connectivity index (χ2n) is 6.42. The van der Waals surface area contributed by atoms with Crippen LogP contribution in [0.1, 0.15) is 28.4 Å². The summed E-state index contributed by atoms with van der Waals surface area (Å²) in [6, 6.07) is 25.7. The maximum Gasteiger partial charge on any atom is 0.179 e.